The van der Waals surface area contributed by atoms with Crippen LogP contribution < -0.4 is 4.90 Å². The number of carbonyl (C=O) groups excluding carboxylic acids is 3. The van der Waals surface area contributed by atoms with Gasteiger partial charge in [0.25, 0.3) is 5.91 Å². The number of hydrogen-bond acceptors (Lipinski definition) is 6. The van der Waals surface area contributed by atoms with E-state index < -0.39 is 11.9 Å². The number of amides is 1. The highest BCUT2D eigenvalue weighted by molar-refractivity contribution is 6.09. The Bertz CT molecular complexity index is 962. The highest BCUT2D eigenvalue weighted by Crippen LogP contribution is 2.31. The first-order valence-electron chi connectivity index (χ1n) is 9.27. The van der Waals surface area contributed by atoms with Gasteiger partial charge in [0.05, 0.1) is 24.8 Å². The first-order valence-corrected chi connectivity index (χ1v) is 9.27. The van der Waals surface area contributed by atoms with E-state index in [1.165, 1.54) is 14.2 Å². The standard InChI is InChI=1S/C21H24N2O6/c1-12-17(21(26)29-10-9-27-3)13(2)22-18(12)19(24)23-8-7-14-11-15(20(25)28-4)5-6-16(14)23/h5-6,11,22H,7-10H2,1-4H3. The van der Waals surface area contributed by atoms with Crippen molar-refractivity contribution in [2.75, 3.05) is 38.9 Å². The third-order valence-electron chi connectivity index (χ3n) is 5.02. The van der Waals surface area contributed by atoms with Gasteiger partial charge in [-0.1, -0.05) is 0 Å². The molecular weight excluding hydrogens is 376 g/mol. The molecule has 8 nitrogen and oxygen atoms in total. The van der Waals surface area contributed by atoms with Crippen molar-refractivity contribution in [3.8, 4) is 0 Å². The number of nitrogens with one attached hydrogen (secondary N) is 1. The first kappa shape index (κ1) is 20.6. The number of esters is 2. The minimum absolute atomic E-state index is 0.144. The number of H-pyrrole nitrogens is 1. The quantitative estimate of drug-likeness (QED) is 0.591. The van der Waals surface area contributed by atoms with Gasteiger partial charge < -0.3 is 24.1 Å². The summed E-state index contributed by atoms with van der Waals surface area (Å²) in [6.07, 6.45) is 0.635. The number of fused-ring (bicyclic) bond motifs is 1. The number of rotatable bonds is 6. The van der Waals surface area contributed by atoms with Crippen molar-refractivity contribution >= 4 is 23.5 Å². The van der Waals surface area contributed by atoms with Crippen LogP contribution in [0.1, 0.15) is 48.0 Å². The molecule has 0 saturated heterocycles. The van der Waals surface area contributed by atoms with Crippen LogP contribution in [0.2, 0.25) is 0 Å². The number of benzene rings is 1. The lowest BCUT2D eigenvalue weighted by Crippen LogP contribution is -2.29. The predicted octanol–water partition coefficient (Wildman–Crippen LogP) is 2.42. The average molecular weight is 400 g/mol. The van der Waals surface area contributed by atoms with Crippen molar-refractivity contribution in [1.82, 2.24) is 4.98 Å². The Hall–Kier alpha value is -3.13. The summed E-state index contributed by atoms with van der Waals surface area (Å²) in [5.74, 6) is -1.13. The van der Waals surface area contributed by atoms with Crippen molar-refractivity contribution in [2.45, 2.75) is 20.3 Å². The number of ether oxygens (including phenoxy) is 3. The minimum atomic E-state index is -0.489. The zero-order valence-corrected chi connectivity index (χ0v) is 17.0. The van der Waals surface area contributed by atoms with Crippen LogP contribution >= 0.6 is 0 Å². The van der Waals surface area contributed by atoms with Crippen molar-refractivity contribution in [1.29, 1.82) is 0 Å². The van der Waals surface area contributed by atoms with Gasteiger partial charge in [0.2, 0.25) is 0 Å². The molecule has 1 aliphatic heterocycles. The fourth-order valence-corrected chi connectivity index (χ4v) is 3.55. The number of carbonyl (C=O) groups is 3. The van der Waals surface area contributed by atoms with Gasteiger partial charge in [-0.15, -0.1) is 0 Å². The summed E-state index contributed by atoms with van der Waals surface area (Å²) in [6, 6.07) is 5.14. The van der Waals surface area contributed by atoms with E-state index in [-0.39, 0.29) is 12.5 Å². The Labute approximate surface area is 168 Å². The van der Waals surface area contributed by atoms with E-state index in [4.69, 9.17) is 14.2 Å². The number of methoxy groups -OCH3 is 2. The topological polar surface area (TPSA) is 97.9 Å². The third-order valence-corrected chi connectivity index (χ3v) is 5.02. The highest BCUT2D eigenvalue weighted by Gasteiger charge is 2.30. The maximum absolute atomic E-state index is 13.2. The van der Waals surface area contributed by atoms with Gasteiger partial charge in [-0.2, -0.15) is 0 Å². The van der Waals surface area contributed by atoms with Gasteiger partial charge in [0.15, 0.2) is 0 Å². The average Bonchev–Trinajstić information content (AvgIpc) is 3.26. The second kappa shape index (κ2) is 8.48. The van der Waals surface area contributed by atoms with Crippen molar-refractivity contribution < 1.29 is 28.6 Å². The fraction of sp³-hybridized carbons (Fsp3) is 0.381. The molecule has 0 bridgehead atoms. The van der Waals surface area contributed by atoms with Gasteiger partial charge >= 0.3 is 11.9 Å². The second-order valence-electron chi connectivity index (χ2n) is 6.80. The zero-order chi connectivity index (χ0) is 21.1. The summed E-state index contributed by atoms with van der Waals surface area (Å²) in [5.41, 5.74) is 3.95. The van der Waals surface area contributed by atoms with Crippen molar-refractivity contribution in [3.05, 3.63) is 51.8 Å². The molecule has 2 heterocycles. The third kappa shape index (κ3) is 3.88. The first-order chi connectivity index (χ1) is 13.9. The maximum atomic E-state index is 13.2. The summed E-state index contributed by atoms with van der Waals surface area (Å²) in [6.45, 7) is 4.39. The molecule has 0 fully saturated rings. The van der Waals surface area contributed by atoms with Crippen molar-refractivity contribution in [2.24, 2.45) is 0 Å². The lowest BCUT2D eigenvalue weighted by molar-refractivity contribution is 0.0386. The Kier molecular flexibility index (Phi) is 6.03. The number of nitrogens with zero attached hydrogens (tertiary/aromatic N) is 1. The molecule has 1 aromatic carbocycles. The van der Waals surface area contributed by atoms with Crippen molar-refractivity contribution in [3.63, 3.8) is 0 Å². The number of hydrogen-bond donors (Lipinski definition) is 1. The summed E-state index contributed by atoms with van der Waals surface area (Å²) < 4.78 is 14.8. The number of anilines is 1. The van der Waals surface area contributed by atoms with E-state index in [0.717, 1.165) is 11.3 Å². The normalized spacial score (nSPS) is 12.6. The molecule has 154 valence electrons. The molecule has 8 heteroatoms. The molecule has 1 N–H and O–H groups in total. The van der Waals surface area contributed by atoms with Crippen LogP contribution in [-0.2, 0) is 20.6 Å². The van der Waals surface area contributed by atoms with E-state index in [2.05, 4.69) is 4.98 Å². The molecule has 1 aromatic heterocycles. The van der Waals surface area contributed by atoms with E-state index in [1.807, 2.05) is 0 Å². The molecule has 0 aliphatic carbocycles. The Balaban J connectivity index is 1.85. The Morgan fingerprint density at radius 1 is 1.10 bits per heavy atom. The van der Waals surface area contributed by atoms with E-state index in [9.17, 15) is 14.4 Å². The van der Waals surface area contributed by atoms with Gasteiger partial charge in [-0.3, -0.25) is 4.79 Å². The lowest BCUT2D eigenvalue weighted by atomic mass is 10.1. The van der Waals surface area contributed by atoms with Crippen LogP contribution in [0.3, 0.4) is 0 Å². The zero-order valence-electron chi connectivity index (χ0n) is 17.0. The number of aromatic nitrogens is 1. The smallest absolute Gasteiger partial charge is 0.340 e. The molecule has 0 saturated carbocycles. The molecule has 0 unspecified atom stereocenters. The van der Waals surface area contributed by atoms with Crippen LogP contribution in [0.25, 0.3) is 0 Å². The molecule has 1 aliphatic rings. The molecule has 0 radical (unpaired) electrons. The fourth-order valence-electron chi connectivity index (χ4n) is 3.55. The Morgan fingerprint density at radius 3 is 2.55 bits per heavy atom. The lowest BCUT2D eigenvalue weighted by Gasteiger charge is -2.17. The van der Waals surface area contributed by atoms with Gasteiger partial charge in [-0.25, -0.2) is 9.59 Å². The van der Waals surface area contributed by atoms with E-state index >= 15 is 0 Å². The predicted molar refractivity (Wildman–Crippen MR) is 106 cm³/mol. The molecular formula is C21H24N2O6. The van der Waals surface area contributed by atoms with Crippen LogP contribution in [0.5, 0.6) is 0 Å². The van der Waals surface area contributed by atoms with Gasteiger partial charge in [-0.05, 0) is 49.6 Å². The molecule has 0 spiro atoms. The van der Waals surface area contributed by atoms with Crippen LogP contribution in [0.15, 0.2) is 18.2 Å². The minimum Gasteiger partial charge on any atom is -0.465 e. The van der Waals surface area contributed by atoms with Crippen LogP contribution in [0, 0.1) is 13.8 Å². The highest BCUT2D eigenvalue weighted by atomic mass is 16.6. The number of aryl methyl sites for hydroxylation is 1. The van der Waals surface area contributed by atoms with E-state index in [1.54, 1.807) is 36.9 Å². The summed E-state index contributed by atoms with van der Waals surface area (Å²) >= 11 is 0. The molecule has 3 rings (SSSR count). The SMILES string of the molecule is COCCOC(=O)c1c(C)[nH]c(C(=O)N2CCc3cc(C(=O)OC)ccc32)c1C. The monoisotopic (exact) mass is 400 g/mol. The van der Waals surface area contributed by atoms with Gasteiger partial charge in [0, 0.05) is 25.0 Å². The second-order valence-corrected chi connectivity index (χ2v) is 6.80. The molecule has 1 amide bonds. The van der Waals surface area contributed by atoms with E-state index in [0.29, 0.717) is 47.7 Å². The Morgan fingerprint density at radius 2 is 1.86 bits per heavy atom. The van der Waals surface area contributed by atoms with Crippen LogP contribution in [0.4, 0.5) is 5.69 Å². The maximum Gasteiger partial charge on any atom is 0.340 e. The number of aromatic amines is 1. The summed E-state index contributed by atoms with van der Waals surface area (Å²) in [7, 11) is 2.86. The summed E-state index contributed by atoms with van der Waals surface area (Å²) in [4.78, 5) is 42.0. The van der Waals surface area contributed by atoms with Gasteiger partial charge in [0.1, 0.15) is 12.3 Å². The largest absolute Gasteiger partial charge is 0.465 e. The molecule has 29 heavy (non-hydrogen) atoms. The summed E-state index contributed by atoms with van der Waals surface area (Å²) in [5, 5.41) is 0. The van der Waals surface area contributed by atoms with Crippen LogP contribution in [-0.4, -0.2) is 56.8 Å². The molecule has 0 atom stereocenters. The molecule has 2 aromatic rings.